The molecule has 2 heterocycles. The Morgan fingerprint density at radius 2 is 1.96 bits per heavy atom. The number of sulfonamides is 1. The van der Waals surface area contributed by atoms with Crippen LogP contribution < -0.4 is 0 Å². The van der Waals surface area contributed by atoms with E-state index in [0.29, 0.717) is 25.0 Å². The first-order valence-electron chi connectivity index (χ1n) is 7.65. The molecular formula is C16H19F2NO3S. The van der Waals surface area contributed by atoms with Crippen LogP contribution in [-0.4, -0.2) is 43.8 Å². The molecule has 1 saturated heterocycles. The maximum absolute atomic E-state index is 13.8. The van der Waals surface area contributed by atoms with Gasteiger partial charge in [-0.2, -0.15) is 4.31 Å². The molecule has 0 radical (unpaired) electrons. The number of benzene rings is 1. The van der Waals surface area contributed by atoms with Gasteiger partial charge in [0, 0.05) is 25.3 Å². The van der Waals surface area contributed by atoms with Crippen LogP contribution in [0.4, 0.5) is 8.78 Å². The number of rotatable bonds is 3. The predicted molar refractivity (Wildman–Crippen MR) is 83.3 cm³/mol. The molecule has 0 saturated carbocycles. The molecule has 0 N–H and O–H groups in total. The average molecular weight is 343 g/mol. The molecule has 1 aromatic carbocycles. The zero-order valence-electron chi connectivity index (χ0n) is 12.8. The third kappa shape index (κ3) is 3.05. The van der Waals surface area contributed by atoms with Gasteiger partial charge in [-0.05, 0) is 37.5 Å². The topological polar surface area (TPSA) is 46.6 Å². The Bertz CT molecular complexity index is 713. The van der Waals surface area contributed by atoms with Gasteiger partial charge in [0.2, 0.25) is 10.0 Å². The van der Waals surface area contributed by atoms with Gasteiger partial charge in [0.15, 0.2) is 0 Å². The van der Waals surface area contributed by atoms with Gasteiger partial charge in [-0.15, -0.1) is 0 Å². The van der Waals surface area contributed by atoms with Gasteiger partial charge in [0.25, 0.3) is 0 Å². The Morgan fingerprint density at radius 3 is 2.48 bits per heavy atom. The van der Waals surface area contributed by atoms with Crippen LogP contribution in [0.3, 0.4) is 0 Å². The molecule has 3 rings (SSSR count). The van der Waals surface area contributed by atoms with Crippen molar-refractivity contribution in [2.24, 2.45) is 0 Å². The lowest BCUT2D eigenvalue weighted by atomic mass is 9.99. The maximum atomic E-state index is 13.8. The molecule has 126 valence electrons. The number of ether oxygens (including phenoxy) is 1. The highest BCUT2D eigenvalue weighted by molar-refractivity contribution is 7.89. The molecule has 23 heavy (non-hydrogen) atoms. The first-order valence-corrected chi connectivity index (χ1v) is 9.15. The lowest BCUT2D eigenvalue weighted by molar-refractivity contribution is 0.125. The smallest absolute Gasteiger partial charge is 0.219 e. The Balaban J connectivity index is 1.81. The van der Waals surface area contributed by atoms with Crippen molar-refractivity contribution in [1.29, 1.82) is 0 Å². The summed E-state index contributed by atoms with van der Waals surface area (Å²) < 4.78 is 59.7. The summed E-state index contributed by atoms with van der Waals surface area (Å²) in [6.45, 7) is 2.56. The summed E-state index contributed by atoms with van der Waals surface area (Å²) in [6, 6.07) is 3.73. The standard InChI is InChI=1S/C16H19F2NO3S/c1-11-15(7-10-22-11)23(20,21)19-8-5-12(6-9-19)16-13(17)3-2-4-14(16)18/h2-5,11,15H,6-10H2,1H3/t11-,15-/m1/s1. The first kappa shape index (κ1) is 16.5. The van der Waals surface area contributed by atoms with Gasteiger partial charge in [-0.25, -0.2) is 17.2 Å². The van der Waals surface area contributed by atoms with Crippen molar-refractivity contribution in [1.82, 2.24) is 4.31 Å². The molecule has 2 atom stereocenters. The highest BCUT2D eigenvalue weighted by atomic mass is 32.2. The van der Waals surface area contributed by atoms with E-state index in [1.807, 2.05) is 0 Å². The van der Waals surface area contributed by atoms with Gasteiger partial charge in [-0.3, -0.25) is 0 Å². The minimum Gasteiger partial charge on any atom is -0.377 e. The molecule has 1 aromatic rings. The van der Waals surface area contributed by atoms with Crippen molar-refractivity contribution >= 4 is 15.6 Å². The maximum Gasteiger partial charge on any atom is 0.219 e. The van der Waals surface area contributed by atoms with Gasteiger partial charge in [0.1, 0.15) is 16.9 Å². The molecule has 4 nitrogen and oxygen atoms in total. The lowest BCUT2D eigenvalue weighted by Crippen LogP contribution is -2.43. The second-order valence-electron chi connectivity index (χ2n) is 5.88. The van der Waals surface area contributed by atoms with Gasteiger partial charge >= 0.3 is 0 Å². The SMILES string of the molecule is C[C@H]1OCC[C@H]1S(=O)(=O)N1CC=C(c2c(F)cccc2F)CC1. The molecule has 0 bridgehead atoms. The van der Waals surface area contributed by atoms with E-state index in [1.54, 1.807) is 13.0 Å². The zero-order chi connectivity index (χ0) is 16.6. The molecular weight excluding hydrogens is 324 g/mol. The first-order chi connectivity index (χ1) is 10.9. The van der Waals surface area contributed by atoms with Crippen LogP contribution in [-0.2, 0) is 14.8 Å². The van der Waals surface area contributed by atoms with E-state index in [2.05, 4.69) is 0 Å². The van der Waals surface area contributed by atoms with Crippen molar-refractivity contribution in [2.45, 2.75) is 31.1 Å². The molecule has 0 spiro atoms. The number of halogens is 2. The Hall–Kier alpha value is -1.31. The summed E-state index contributed by atoms with van der Waals surface area (Å²) in [7, 11) is -3.46. The number of hydrogen-bond acceptors (Lipinski definition) is 3. The minimum atomic E-state index is -3.46. The monoisotopic (exact) mass is 343 g/mol. The Labute approximate surface area is 134 Å². The highest BCUT2D eigenvalue weighted by Gasteiger charge is 2.40. The summed E-state index contributed by atoms with van der Waals surface area (Å²) in [5.74, 6) is -1.24. The summed E-state index contributed by atoms with van der Waals surface area (Å²) >= 11 is 0. The number of nitrogens with zero attached hydrogens (tertiary/aromatic N) is 1. The van der Waals surface area contributed by atoms with E-state index < -0.39 is 26.9 Å². The van der Waals surface area contributed by atoms with E-state index >= 15 is 0 Å². The molecule has 2 aliphatic rings. The second kappa shape index (κ2) is 6.30. The van der Waals surface area contributed by atoms with Gasteiger partial charge < -0.3 is 4.74 Å². The van der Waals surface area contributed by atoms with Crippen molar-refractivity contribution in [3.8, 4) is 0 Å². The zero-order valence-corrected chi connectivity index (χ0v) is 13.7. The van der Waals surface area contributed by atoms with Crippen molar-refractivity contribution in [2.75, 3.05) is 19.7 Å². The molecule has 0 unspecified atom stereocenters. The summed E-state index contributed by atoms with van der Waals surface area (Å²) in [6.07, 6.45) is 2.05. The van der Waals surface area contributed by atoms with Gasteiger partial charge in [0.05, 0.1) is 6.10 Å². The van der Waals surface area contributed by atoms with E-state index in [4.69, 9.17) is 4.74 Å². The molecule has 0 aromatic heterocycles. The lowest BCUT2D eigenvalue weighted by Gasteiger charge is -2.29. The number of hydrogen-bond donors (Lipinski definition) is 0. The quantitative estimate of drug-likeness (QED) is 0.847. The Morgan fingerprint density at radius 1 is 1.26 bits per heavy atom. The fourth-order valence-corrected chi connectivity index (χ4v) is 5.18. The highest BCUT2D eigenvalue weighted by Crippen LogP contribution is 2.30. The van der Waals surface area contributed by atoms with Crippen molar-refractivity contribution < 1.29 is 21.9 Å². The van der Waals surface area contributed by atoms with E-state index in [0.717, 1.165) is 0 Å². The van der Waals surface area contributed by atoms with Crippen LogP contribution in [0.5, 0.6) is 0 Å². The summed E-state index contributed by atoms with van der Waals surface area (Å²) in [5, 5.41) is -0.539. The minimum absolute atomic E-state index is 0.0536. The molecule has 0 amide bonds. The molecule has 0 aliphatic carbocycles. The van der Waals surface area contributed by atoms with Crippen molar-refractivity contribution in [3.63, 3.8) is 0 Å². The van der Waals surface area contributed by atoms with Crippen LogP contribution in [0.15, 0.2) is 24.3 Å². The second-order valence-corrected chi connectivity index (χ2v) is 8.03. The molecule has 7 heteroatoms. The predicted octanol–water partition coefficient (Wildman–Crippen LogP) is 2.56. The fraction of sp³-hybridized carbons (Fsp3) is 0.500. The third-order valence-electron chi connectivity index (χ3n) is 4.50. The van der Waals surface area contributed by atoms with Crippen LogP contribution >= 0.6 is 0 Å². The van der Waals surface area contributed by atoms with E-state index in [9.17, 15) is 17.2 Å². The van der Waals surface area contributed by atoms with Crippen LogP contribution in [0.1, 0.15) is 25.3 Å². The molecule has 2 aliphatic heterocycles. The van der Waals surface area contributed by atoms with E-state index in [-0.39, 0.29) is 24.8 Å². The van der Waals surface area contributed by atoms with Crippen molar-refractivity contribution in [3.05, 3.63) is 41.5 Å². The van der Waals surface area contributed by atoms with Crippen LogP contribution in [0.25, 0.3) is 5.57 Å². The van der Waals surface area contributed by atoms with E-state index in [1.165, 1.54) is 22.5 Å². The molecule has 1 fully saturated rings. The largest absolute Gasteiger partial charge is 0.377 e. The average Bonchev–Trinajstić information content (AvgIpc) is 2.94. The van der Waals surface area contributed by atoms with Crippen LogP contribution in [0, 0.1) is 11.6 Å². The normalized spacial score (nSPS) is 26.3. The third-order valence-corrected chi connectivity index (χ3v) is 6.94. The Kier molecular flexibility index (Phi) is 4.53. The summed E-state index contributed by atoms with van der Waals surface area (Å²) in [4.78, 5) is 0. The van der Waals surface area contributed by atoms with Gasteiger partial charge in [-0.1, -0.05) is 12.1 Å². The summed E-state index contributed by atoms with van der Waals surface area (Å²) in [5.41, 5.74) is 0.463. The fourth-order valence-electron chi connectivity index (χ4n) is 3.21. The van der Waals surface area contributed by atoms with Crippen LogP contribution in [0.2, 0.25) is 0 Å².